The standard InChI is InChI=1S/C18H22F3NO2S/c1-22(25(23,24)15-3-2-14(19)16(20)17(15)21)10-18-7-11-4-12(8-18)6-13(5-11)9-18/h2-3,11-13H,4-10H2,1H3. The van der Waals surface area contributed by atoms with Crippen molar-refractivity contribution in [3.05, 3.63) is 29.6 Å². The van der Waals surface area contributed by atoms with E-state index >= 15 is 0 Å². The van der Waals surface area contributed by atoms with E-state index in [0.717, 1.165) is 29.6 Å². The minimum absolute atomic E-state index is 0.0500. The summed E-state index contributed by atoms with van der Waals surface area (Å²) in [5.41, 5.74) is -0.0500. The van der Waals surface area contributed by atoms with Gasteiger partial charge in [-0.2, -0.15) is 0 Å². The first-order valence-corrected chi connectivity index (χ1v) is 10.2. The van der Waals surface area contributed by atoms with Gasteiger partial charge in [0, 0.05) is 13.6 Å². The fraction of sp³-hybridized carbons (Fsp3) is 0.667. The molecule has 0 radical (unpaired) electrons. The highest BCUT2D eigenvalue weighted by Gasteiger charge is 2.51. The highest BCUT2D eigenvalue weighted by Crippen LogP contribution is 2.60. The first-order valence-electron chi connectivity index (χ1n) is 8.80. The van der Waals surface area contributed by atoms with E-state index in [1.807, 2.05) is 0 Å². The molecule has 0 N–H and O–H groups in total. The van der Waals surface area contributed by atoms with Gasteiger partial charge in [0.25, 0.3) is 0 Å². The second-order valence-corrected chi connectivity index (χ2v) is 10.4. The lowest BCUT2D eigenvalue weighted by molar-refractivity contribution is -0.0583. The van der Waals surface area contributed by atoms with E-state index in [0.29, 0.717) is 30.4 Å². The number of hydrogen-bond donors (Lipinski definition) is 0. The lowest BCUT2D eigenvalue weighted by atomic mass is 9.49. The van der Waals surface area contributed by atoms with E-state index < -0.39 is 32.4 Å². The third kappa shape index (κ3) is 2.79. The number of rotatable bonds is 4. The number of benzene rings is 1. The quantitative estimate of drug-likeness (QED) is 0.750. The van der Waals surface area contributed by atoms with Crippen molar-refractivity contribution in [2.45, 2.75) is 43.4 Å². The molecule has 4 aliphatic rings. The Morgan fingerprint density at radius 3 is 2.04 bits per heavy atom. The molecular formula is C18H22F3NO2S. The van der Waals surface area contributed by atoms with Gasteiger partial charge >= 0.3 is 0 Å². The molecule has 1 aromatic rings. The van der Waals surface area contributed by atoms with Gasteiger partial charge in [0.1, 0.15) is 4.90 Å². The van der Waals surface area contributed by atoms with E-state index in [2.05, 4.69) is 0 Å². The third-order valence-electron chi connectivity index (χ3n) is 6.41. The Balaban J connectivity index is 1.61. The molecule has 4 fully saturated rings. The molecule has 4 bridgehead atoms. The molecule has 25 heavy (non-hydrogen) atoms. The van der Waals surface area contributed by atoms with E-state index in [1.165, 1.54) is 26.3 Å². The molecule has 0 unspecified atom stereocenters. The number of nitrogens with zero attached hydrogens (tertiary/aromatic N) is 1. The van der Waals surface area contributed by atoms with E-state index in [-0.39, 0.29) is 5.41 Å². The van der Waals surface area contributed by atoms with Crippen molar-refractivity contribution in [1.29, 1.82) is 0 Å². The zero-order valence-corrected chi connectivity index (χ0v) is 15.0. The predicted octanol–water partition coefficient (Wildman–Crippen LogP) is 3.94. The van der Waals surface area contributed by atoms with Crippen molar-refractivity contribution < 1.29 is 21.6 Å². The Bertz CT molecular complexity index is 774. The van der Waals surface area contributed by atoms with Crippen LogP contribution in [0.25, 0.3) is 0 Å². The lowest BCUT2D eigenvalue weighted by Gasteiger charge is -2.57. The summed E-state index contributed by atoms with van der Waals surface area (Å²) < 4.78 is 67.2. The Hall–Kier alpha value is -1.08. The van der Waals surface area contributed by atoms with Crippen LogP contribution >= 0.6 is 0 Å². The molecule has 0 aliphatic heterocycles. The van der Waals surface area contributed by atoms with Crippen LogP contribution < -0.4 is 0 Å². The fourth-order valence-corrected chi connectivity index (χ4v) is 7.25. The van der Waals surface area contributed by atoms with Gasteiger partial charge in [-0.1, -0.05) is 0 Å². The highest BCUT2D eigenvalue weighted by atomic mass is 32.2. The minimum Gasteiger partial charge on any atom is -0.207 e. The third-order valence-corrected chi connectivity index (χ3v) is 8.23. The summed E-state index contributed by atoms with van der Waals surface area (Å²) in [5.74, 6) is -2.77. The van der Waals surface area contributed by atoms with Crippen molar-refractivity contribution in [3.63, 3.8) is 0 Å². The van der Waals surface area contributed by atoms with E-state index in [9.17, 15) is 21.6 Å². The van der Waals surface area contributed by atoms with Crippen LogP contribution in [0.2, 0.25) is 0 Å². The predicted molar refractivity (Wildman–Crippen MR) is 86.7 cm³/mol. The molecule has 4 saturated carbocycles. The van der Waals surface area contributed by atoms with Gasteiger partial charge in [-0.05, 0) is 73.8 Å². The molecule has 0 saturated heterocycles. The second kappa shape index (κ2) is 5.71. The maximum atomic E-state index is 14.0. The molecule has 7 heteroatoms. The van der Waals surface area contributed by atoms with Gasteiger partial charge in [0.15, 0.2) is 17.5 Å². The summed E-state index contributed by atoms with van der Waals surface area (Å²) in [6.07, 6.45) is 6.77. The summed E-state index contributed by atoms with van der Waals surface area (Å²) in [6.45, 7) is 0.317. The Labute approximate surface area is 146 Å². The van der Waals surface area contributed by atoms with Gasteiger partial charge in [-0.15, -0.1) is 0 Å². The first-order chi connectivity index (χ1) is 11.7. The molecule has 0 spiro atoms. The van der Waals surface area contributed by atoms with Crippen molar-refractivity contribution in [2.75, 3.05) is 13.6 Å². The molecule has 0 aromatic heterocycles. The van der Waals surface area contributed by atoms with Crippen molar-refractivity contribution in [3.8, 4) is 0 Å². The Morgan fingerprint density at radius 1 is 1.00 bits per heavy atom. The molecule has 3 nitrogen and oxygen atoms in total. The van der Waals surface area contributed by atoms with Crippen molar-refractivity contribution >= 4 is 10.0 Å². The largest absolute Gasteiger partial charge is 0.245 e. The monoisotopic (exact) mass is 373 g/mol. The van der Waals surface area contributed by atoms with Gasteiger partial charge in [0.05, 0.1) is 0 Å². The van der Waals surface area contributed by atoms with Crippen LogP contribution in [0.1, 0.15) is 38.5 Å². The molecule has 4 aliphatic carbocycles. The lowest BCUT2D eigenvalue weighted by Crippen LogP contribution is -2.51. The number of hydrogen-bond acceptors (Lipinski definition) is 2. The van der Waals surface area contributed by atoms with Crippen LogP contribution in [0.5, 0.6) is 0 Å². The normalized spacial score (nSPS) is 34.0. The van der Waals surface area contributed by atoms with Gasteiger partial charge in [-0.25, -0.2) is 25.9 Å². The molecule has 0 heterocycles. The van der Waals surface area contributed by atoms with E-state index in [4.69, 9.17) is 0 Å². The molecule has 0 atom stereocenters. The van der Waals surface area contributed by atoms with Crippen LogP contribution in [0, 0.1) is 40.6 Å². The molecule has 5 rings (SSSR count). The summed E-state index contributed by atoms with van der Waals surface area (Å²) in [4.78, 5) is -0.793. The fourth-order valence-electron chi connectivity index (χ4n) is 5.92. The molecule has 1 aromatic carbocycles. The summed E-state index contributed by atoms with van der Waals surface area (Å²) in [6, 6.07) is 1.46. The summed E-state index contributed by atoms with van der Waals surface area (Å²) in [7, 11) is -2.79. The Kier molecular flexibility index (Phi) is 3.96. The molecular weight excluding hydrogens is 351 g/mol. The SMILES string of the molecule is CN(CC12CC3CC(CC(C3)C1)C2)S(=O)(=O)c1ccc(F)c(F)c1F. The van der Waals surface area contributed by atoms with Crippen LogP contribution in [0.3, 0.4) is 0 Å². The zero-order valence-electron chi connectivity index (χ0n) is 14.1. The smallest absolute Gasteiger partial charge is 0.207 e. The van der Waals surface area contributed by atoms with Gasteiger partial charge < -0.3 is 0 Å². The Morgan fingerprint density at radius 2 is 1.52 bits per heavy atom. The first kappa shape index (κ1) is 17.3. The van der Waals surface area contributed by atoms with Crippen molar-refractivity contribution in [2.24, 2.45) is 23.2 Å². The topological polar surface area (TPSA) is 37.4 Å². The highest BCUT2D eigenvalue weighted by molar-refractivity contribution is 7.89. The maximum Gasteiger partial charge on any atom is 0.245 e. The van der Waals surface area contributed by atoms with Crippen LogP contribution in [-0.4, -0.2) is 26.3 Å². The average molecular weight is 373 g/mol. The average Bonchev–Trinajstić information content (AvgIpc) is 2.50. The van der Waals surface area contributed by atoms with Crippen molar-refractivity contribution in [1.82, 2.24) is 4.31 Å². The summed E-state index contributed by atoms with van der Waals surface area (Å²) >= 11 is 0. The van der Waals surface area contributed by atoms with E-state index in [1.54, 1.807) is 0 Å². The minimum atomic E-state index is -4.20. The number of halogens is 3. The van der Waals surface area contributed by atoms with Crippen LogP contribution in [0.4, 0.5) is 13.2 Å². The summed E-state index contributed by atoms with van der Waals surface area (Å²) in [5, 5.41) is 0. The molecule has 0 amide bonds. The van der Waals surface area contributed by atoms with Gasteiger partial charge in [0.2, 0.25) is 10.0 Å². The second-order valence-electron chi connectivity index (χ2n) is 8.35. The van der Waals surface area contributed by atoms with Crippen LogP contribution in [0.15, 0.2) is 17.0 Å². The van der Waals surface area contributed by atoms with Gasteiger partial charge in [-0.3, -0.25) is 0 Å². The maximum absolute atomic E-state index is 14.0. The number of sulfonamides is 1. The zero-order chi connectivity index (χ0) is 18.0. The van der Waals surface area contributed by atoms with Crippen LogP contribution in [-0.2, 0) is 10.0 Å². The molecule has 138 valence electrons.